The standard InChI is InChI=1S/C17H16ClN3O/c18-15-8-13(7-14(9-15)16-11-22-6-3-19-16)12-1-4-21-5-2-20-17(21)10-12/h1-2,4-5,7-10,16,19H,3,6,11H2. The second-order valence-corrected chi connectivity index (χ2v) is 5.90. The number of fused-ring (bicyclic) bond motifs is 1. The van der Waals surface area contributed by atoms with Gasteiger partial charge in [-0.25, -0.2) is 4.98 Å². The maximum absolute atomic E-state index is 6.33. The third-order valence-electron chi connectivity index (χ3n) is 3.98. The fourth-order valence-electron chi connectivity index (χ4n) is 2.85. The minimum Gasteiger partial charge on any atom is -0.378 e. The minimum atomic E-state index is 0.196. The molecule has 1 unspecified atom stereocenters. The van der Waals surface area contributed by atoms with Crippen molar-refractivity contribution >= 4 is 17.2 Å². The molecule has 1 aliphatic rings. The second kappa shape index (κ2) is 5.72. The second-order valence-electron chi connectivity index (χ2n) is 5.46. The van der Waals surface area contributed by atoms with Crippen LogP contribution in [0.4, 0.5) is 0 Å². The highest BCUT2D eigenvalue weighted by atomic mass is 35.5. The predicted molar refractivity (Wildman–Crippen MR) is 87.2 cm³/mol. The van der Waals surface area contributed by atoms with E-state index in [1.807, 2.05) is 28.9 Å². The molecule has 3 aromatic rings. The Kier molecular flexibility index (Phi) is 3.58. The largest absolute Gasteiger partial charge is 0.378 e. The number of imidazole rings is 1. The fourth-order valence-corrected chi connectivity index (χ4v) is 3.09. The highest BCUT2D eigenvalue weighted by Gasteiger charge is 2.16. The molecule has 0 saturated carbocycles. The van der Waals surface area contributed by atoms with Crippen molar-refractivity contribution in [1.29, 1.82) is 0 Å². The average Bonchev–Trinajstić information content (AvgIpc) is 3.02. The van der Waals surface area contributed by atoms with E-state index in [-0.39, 0.29) is 6.04 Å². The van der Waals surface area contributed by atoms with Crippen LogP contribution in [-0.2, 0) is 4.74 Å². The summed E-state index contributed by atoms with van der Waals surface area (Å²) in [5, 5.41) is 4.21. The van der Waals surface area contributed by atoms with Gasteiger partial charge < -0.3 is 14.5 Å². The van der Waals surface area contributed by atoms with Gasteiger partial charge in [0.25, 0.3) is 0 Å². The van der Waals surface area contributed by atoms with E-state index in [4.69, 9.17) is 16.3 Å². The molecule has 0 amide bonds. The van der Waals surface area contributed by atoms with Crippen molar-refractivity contribution in [1.82, 2.24) is 14.7 Å². The average molecular weight is 314 g/mol. The highest BCUT2D eigenvalue weighted by Crippen LogP contribution is 2.29. The van der Waals surface area contributed by atoms with Crippen molar-refractivity contribution in [3.05, 3.63) is 59.5 Å². The number of nitrogens with zero attached hydrogens (tertiary/aromatic N) is 2. The molecule has 5 heteroatoms. The molecule has 4 rings (SSSR count). The van der Waals surface area contributed by atoms with E-state index in [0.717, 1.165) is 40.5 Å². The van der Waals surface area contributed by atoms with Gasteiger partial charge in [-0.2, -0.15) is 0 Å². The van der Waals surface area contributed by atoms with Crippen molar-refractivity contribution in [2.45, 2.75) is 6.04 Å². The molecule has 112 valence electrons. The molecule has 1 N–H and O–H groups in total. The van der Waals surface area contributed by atoms with E-state index in [1.54, 1.807) is 6.20 Å². The lowest BCUT2D eigenvalue weighted by Gasteiger charge is -2.24. The van der Waals surface area contributed by atoms with Gasteiger partial charge in [0.2, 0.25) is 0 Å². The molecule has 3 heterocycles. The summed E-state index contributed by atoms with van der Waals surface area (Å²) in [7, 11) is 0. The smallest absolute Gasteiger partial charge is 0.137 e. The third-order valence-corrected chi connectivity index (χ3v) is 4.19. The lowest BCUT2D eigenvalue weighted by molar-refractivity contribution is 0.0769. The molecule has 1 aromatic carbocycles. The van der Waals surface area contributed by atoms with E-state index in [1.165, 1.54) is 0 Å². The van der Waals surface area contributed by atoms with Gasteiger partial charge in [-0.1, -0.05) is 11.6 Å². The van der Waals surface area contributed by atoms with Crippen LogP contribution in [0, 0.1) is 0 Å². The van der Waals surface area contributed by atoms with Gasteiger partial charge in [-0.05, 0) is 47.0 Å². The van der Waals surface area contributed by atoms with Gasteiger partial charge in [-0.3, -0.25) is 0 Å². The van der Waals surface area contributed by atoms with Crippen LogP contribution < -0.4 is 5.32 Å². The van der Waals surface area contributed by atoms with Crippen LogP contribution in [0.15, 0.2) is 48.9 Å². The number of hydrogen-bond acceptors (Lipinski definition) is 3. The molecule has 22 heavy (non-hydrogen) atoms. The summed E-state index contributed by atoms with van der Waals surface area (Å²) in [5.74, 6) is 0. The van der Waals surface area contributed by atoms with E-state index in [0.29, 0.717) is 6.61 Å². The third kappa shape index (κ3) is 2.61. The zero-order valence-electron chi connectivity index (χ0n) is 12.0. The Bertz CT molecular complexity index is 809. The molecule has 2 aromatic heterocycles. The molecule has 0 spiro atoms. The quantitative estimate of drug-likeness (QED) is 0.789. The number of benzene rings is 1. The first-order valence-electron chi connectivity index (χ1n) is 7.34. The highest BCUT2D eigenvalue weighted by molar-refractivity contribution is 6.31. The van der Waals surface area contributed by atoms with Crippen LogP contribution >= 0.6 is 11.6 Å². The van der Waals surface area contributed by atoms with E-state index in [2.05, 4.69) is 28.5 Å². The molecular formula is C17H16ClN3O. The summed E-state index contributed by atoms with van der Waals surface area (Å²) in [6.07, 6.45) is 5.75. The van der Waals surface area contributed by atoms with Gasteiger partial charge in [0, 0.05) is 30.2 Å². The summed E-state index contributed by atoms with van der Waals surface area (Å²) >= 11 is 6.33. The molecule has 0 aliphatic carbocycles. The molecule has 1 aliphatic heterocycles. The maximum Gasteiger partial charge on any atom is 0.137 e. The zero-order chi connectivity index (χ0) is 14.9. The van der Waals surface area contributed by atoms with Gasteiger partial charge in [-0.15, -0.1) is 0 Å². The Morgan fingerprint density at radius 2 is 2.14 bits per heavy atom. The van der Waals surface area contributed by atoms with Gasteiger partial charge >= 0.3 is 0 Å². The topological polar surface area (TPSA) is 38.6 Å². The molecule has 1 atom stereocenters. The molecular weight excluding hydrogens is 298 g/mol. The summed E-state index contributed by atoms with van der Waals surface area (Å²) in [6.45, 7) is 2.31. The first-order valence-corrected chi connectivity index (χ1v) is 7.72. The SMILES string of the molecule is Clc1cc(-c2ccn3ccnc3c2)cc(C2COCCN2)c1. The van der Waals surface area contributed by atoms with Crippen LogP contribution in [-0.4, -0.2) is 29.1 Å². The normalized spacial score (nSPS) is 18.7. The Morgan fingerprint density at radius 1 is 1.18 bits per heavy atom. The van der Waals surface area contributed by atoms with E-state index in [9.17, 15) is 0 Å². The first kappa shape index (κ1) is 13.8. The number of aromatic nitrogens is 2. The van der Waals surface area contributed by atoms with Crippen LogP contribution in [0.25, 0.3) is 16.8 Å². The number of ether oxygens (including phenoxy) is 1. The predicted octanol–water partition coefficient (Wildman–Crippen LogP) is 3.32. The van der Waals surface area contributed by atoms with Gasteiger partial charge in [0.15, 0.2) is 0 Å². The summed E-state index contributed by atoms with van der Waals surface area (Å²) in [4.78, 5) is 4.34. The zero-order valence-corrected chi connectivity index (χ0v) is 12.8. The fraction of sp³-hybridized carbons (Fsp3) is 0.235. The minimum absolute atomic E-state index is 0.196. The molecule has 0 bridgehead atoms. The van der Waals surface area contributed by atoms with Crippen LogP contribution in [0.2, 0.25) is 5.02 Å². The molecule has 4 nitrogen and oxygen atoms in total. The Labute approximate surface area is 133 Å². The summed E-state index contributed by atoms with van der Waals surface area (Å²) in [5.41, 5.74) is 4.29. The van der Waals surface area contributed by atoms with Crippen LogP contribution in [0.3, 0.4) is 0 Å². The van der Waals surface area contributed by atoms with Crippen molar-refractivity contribution in [3.8, 4) is 11.1 Å². The maximum atomic E-state index is 6.33. The van der Waals surface area contributed by atoms with E-state index >= 15 is 0 Å². The lowest BCUT2D eigenvalue weighted by Crippen LogP contribution is -2.34. The number of pyridine rings is 1. The van der Waals surface area contributed by atoms with E-state index < -0.39 is 0 Å². The molecule has 0 radical (unpaired) electrons. The summed E-state index contributed by atoms with van der Waals surface area (Å²) in [6, 6.07) is 10.5. The summed E-state index contributed by atoms with van der Waals surface area (Å²) < 4.78 is 7.54. The molecule has 1 fully saturated rings. The Balaban J connectivity index is 1.75. The van der Waals surface area contributed by atoms with Crippen molar-refractivity contribution < 1.29 is 4.74 Å². The Hall–Kier alpha value is -1.88. The van der Waals surface area contributed by atoms with Crippen LogP contribution in [0.1, 0.15) is 11.6 Å². The number of hydrogen-bond donors (Lipinski definition) is 1. The number of nitrogens with one attached hydrogen (secondary N) is 1. The first-order chi connectivity index (χ1) is 10.8. The van der Waals surface area contributed by atoms with Gasteiger partial charge in [0.1, 0.15) is 5.65 Å². The monoisotopic (exact) mass is 313 g/mol. The number of halogens is 1. The van der Waals surface area contributed by atoms with Crippen molar-refractivity contribution in [2.24, 2.45) is 0 Å². The van der Waals surface area contributed by atoms with Crippen molar-refractivity contribution in [3.63, 3.8) is 0 Å². The number of morpholine rings is 1. The van der Waals surface area contributed by atoms with Crippen molar-refractivity contribution in [2.75, 3.05) is 19.8 Å². The molecule has 1 saturated heterocycles. The lowest BCUT2D eigenvalue weighted by atomic mass is 10.00. The number of rotatable bonds is 2. The van der Waals surface area contributed by atoms with Crippen LogP contribution in [0.5, 0.6) is 0 Å². The van der Waals surface area contributed by atoms with Gasteiger partial charge in [0.05, 0.1) is 19.3 Å². The Morgan fingerprint density at radius 3 is 3.00 bits per heavy atom.